The number of ether oxygens (including phenoxy) is 4. The van der Waals surface area contributed by atoms with Crippen molar-refractivity contribution in [2.75, 3.05) is 47.1 Å². The SMILES string of the molecule is COc1cc2cc(c1OC)OCCCC(O/N=C/c1ccccc1)CCN1CCC(CCCOC2=O)CC1. The fraction of sp³-hybridized carbons (Fsp3) is 0.533. The van der Waals surface area contributed by atoms with Crippen LogP contribution >= 0.6 is 0 Å². The maximum Gasteiger partial charge on any atom is 0.338 e. The van der Waals surface area contributed by atoms with Crippen molar-refractivity contribution in [3.8, 4) is 17.2 Å². The first kappa shape index (κ1) is 27.8. The number of carbonyl (C=O) groups is 1. The average Bonchev–Trinajstić information content (AvgIpc) is 2.96. The van der Waals surface area contributed by atoms with Crippen LogP contribution < -0.4 is 14.2 Å². The van der Waals surface area contributed by atoms with Crippen molar-refractivity contribution in [1.82, 2.24) is 4.90 Å². The van der Waals surface area contributed by atoms with E-state index in [0.717, 1.165) is 57.3 Å². The Morgan fingerprint density at radius 1 is 0.895 bits per heavy atom. The van der Waals surface area contributed by atoms with Gasteiger partial charge in [0, 0.05) is 6.54 Å². The summed E-state index contributed by atoms with van der Waals surface area (Å²) in [7, 11) is 3.10. The number of rotatable bonds is 5. The fourth-order valence-corrected chi connectivity index (χ4v) is 5.06. The number of nitrogens with zero attached hydrogens (tertiary/aromatic N) is 2. The number of benzene rings is 2. The molecule has 1 saturated heterocycles. The fourth-order valence-electron chi connectivity index (χ4n) is 5.06. The zero-order valence-corrected chi connectivity index (χ0v) is 22.6. The van der Waals surface area contributed by atoms with Crippen LogP contribution in [0.25, 0.3) is 0 Å². The molecule has 3 heterocycles. The minimum atomic E-state index is -0.381. The number of esters is 1. The van der Waals surface area contributed by atoms with E-state index < -0.39 is 0 Å². The van der Waals surface area contributed by atoms with E-state index >= 15 is 0 Å². The number of hydrogen-bond acceptors (Lipinski definition) is 8. The first-order valence-electron chi connectivity index (χ1n) is 13.7. The van der Waals surface area contributed by atoms with Crippen LogP contribution in [0.3, 0.4) is 0 Å². The lowest BCUT2D eigenvalue weighted by atomic mass is 9.92. The van der Waals surface area contributed by atoms with Gasteiger partial charge in [-0.1, -0.05) is 35.5 Å². The third kappa shape index (κ3) is 8.12. The van der Waals surface area contributed by atoms with Gasteiger partial charge >= 0.3 is 5.97 Å². The molecule has 3 aliphatic heterocycles. The van der Waals surface area contributed by atoms with Gasteiger partial charge in [0.15, 0.2) is 11.5 Å². The number of fused-ring (bicyclic) bond motifs is 12. The van der Waals surface area contributed by atoms with E-state index in [1.807, 2.05) is 30.3 Å². The third-order valence-electron chi connectivity index (χ3n) is 7.28. The Morgan fingerprint density at radius 2 is 1.63 bits per heavy atom. The maximum absolute atomic E-state index is 12.8. The van der Waals surface area contributed by atoms with E-state index in [4.69, 9.17) is 23.8 Å². The van der Waals surface area contributed by atoms with Crippen LogP contribution in [0.2, 0.25) is 0 Å². The molecule has 1 fully saturated rings. The lowest BCUT2D eigenvalue weighted by Gasteiger charge is -2.32. The molecule has 0 amide bonds. The summed E-state index contributed by atoms with van der Waals surface area (Å²) in [6, 6.07) is 13.3. The van der Waals surface area contributed by atoms with Gasteiger partial charge in [0.05, 0.1) is 39.2 Å². The Morgan fingerprint density at radius 3 is 2.39 bits per heavy atom. The lowest BCUT2D eigenvalue weighted by molar-refractivity contribution is 0.0326. The Labute approximate surface area is 225 Å². The summed E-state index contributed by atoms with van der Waals surface area (Å²) in [5.74, 6) is 1.65. The summed E-state index contributed by atoms with van der Waals surface area (Å²) >= 11 is 0. The quantitative estimate of drug-likeness (QED) is 0.297. The van der Waals surface area contributed by atoms with Crippen LogP contribution in [0.5, 0.6) is 17.2 Å². The largest absolute Gasteiger partial charge is 0.493 e. The van der Waals surface area contributed by atoms with Crippen LogP contribution in [0, 0.1) is 5.92 Å². The number of oxime groups is 1. The Hall–Kier alpha value is -3.26. The molecule has 0 N–H and O–H groups in total. The summed E-state index contributed by atoms with van der Waals surface area (Å²) in [6.07, 6.45) is 8.50. The van der Waals surface area contributed by atoms with Crippen LogP contribution in [0.1, 0.15) is 60.9 Å². The van der Waals surface area contributed by atoms with Crippen LogP contribution in [0.15, 0.2) is 47.6 Å². The predicted molar refractivity (Wildman–Crippen MR) is 146 cm³/mol. The Balaban J connectivity index is 1.46. The van der Waals surface area contributed by atoms with Crippen molar-refractivity contribution >= 4 is 12.2 Å². The second kappa shape index (κ2) is 14.6. The van der Waals surface area contributed by atoms with Crippen LogP contribution in [0.4, 0.5) is 0 Å². The molecule has 8 nitrogen and oxygen atoms in total. The zero-order chi connectivity index (χ0) is 26.6. The smallest absolute Gasteiger partial charge is 0.338 e. The van der Waals surface area contributed by atoms with E-state index in [1.54, 1.807) is 32.6 Å². The molecule has 0 aliphatic carbocycles. The van der Waals surface area contributed by atoms with Gasteiger partial charge in [0.25, 0.3) is 0 Å². The third-order valence-corrected chi connectivity index (χ3v) is 7.28. The first-order chi connectivity index (χ1) is 18.7. The molecule has 0 spiro atoms. The molecule has 0 aromatic heterocycles. The van der Waals surface area contributed by atoms with Gasteiger partial charge in [-0.25, -0.2) is 4.79 Å². The number of piperidine rings is 1. The van der Waals surface area contributed by atoms with E-state index in [-0.39, 0.29) is 12.1 Å². The molecule has 5 rings (SSSR count). The maximum atomic E-state index is 12.8. The molecular formula is C30H40N2O6. The summed E-state index contributed by atoms with van der Waals surface area (Å²) in [4.78, 5) is 21.3. The molecule has 0 radical (unpaired) electrons. The van der Waals surface area contributed by atoms with Crippen molar-refractivity contribution < 1.29 is 28.6 Å². The van der Waals surface area contributed by atoms with Gasteiger partial charge < -0.3 is 28.7 Å². The molecule has 38 heavy (non-hydrogen) atoms. The number of carbonyl (C=O) groups excluding carboxylic acids is 1. The normalized spacial score (nSPS) is 23.4. The van der Waals surface area contributed by atoms with E-state index in [2.05, 4.69) is 10.1 Å². The second-order valence-electron chi connectivity index (χ2n) is 9.93. The number of methoxy groups -OCH3 is 2. The van der Waals surface area contributed by atoms with Crippen molar-refractivity contribution in [2.45, 2.75) is 51.0 Å². The van der Waals surface area contributed by atoms with Gasteiger partial charge in [0.2, 0.25) is 5.75 Å². The van der Waals surface area contributed by atoms with Crippen molar-refractivity contribution in [3.05, 3.63) is 53.6 Å². The molecule has 3 aliphatic rings. The predicted octanol–water partition coefficient (Wildman–Crippen LogP) is 5.33. The van der Waals surface area contributed by atoms with Gasteiger partial charge in [-0.05, 0) is 81.6 Å². The number of hydrogen-bond donors (Lipinski definition) is 0. The molecule has 0 saturated carbocycles. The van der Waals surface area contributed by atoms with E-state index in [9.17, 15) is 4.79 Å². The lowest BCUT2D eigenvalue weighted by Crippen LogP contribution is -2.36. The topological polar surface area (TPSA) is 78.8 Å². The van der Waals surface area contributed by atoms with Crippen molar-refractivity contribution in [2.24, 2.45) is 11.1 Å². The molecule has 206 valence electrons. The molecule has 2 aromatic carbocycles. The zero-order valence-electron chi connectivity index (χ0n) is 22.6. The summed E-state index contributed by atoms with van der Waals surface area (Å²) < 4.78 is 22.7. The second-order valence-corrected chi connectivity index (χ2v) is 9.93. The van der Waals surface area contributed by atoms with Gasteiger partial charge in [-0.3, -0.25) is 0 Å². The summed E-state index contributed by atoms with van der Waals surface area (Å²) in [5.41, 5.74) is 1.40. The van der Waals surface area contributed by atoms with Crippen molar-refractivity contribution in [1.29, 1.82) is 0 Å². The molecule has 4 bridgehead atoms. The molecule has 1 unspecified atom stereocenters. The molecule has 2 aromatic rings. The van der Waals surface area contributed by atoms with E-state index in [1.165, 1.54) is 12.8 Å². The minimum Gasteiger partial charge on any atom is -0.493 e. The van der Waals surface area contributed by atoms with Gasteiger partial charge in [-0.15, -0.1) is 0 Å². The minimum absolute atomic E-state index is 0.0175. The summed E-state index contributed by atoms with van der Waals surface area (Å²) in [6.45, 7) is 4.03. The Kier molecular flexibility index (Phi) is 10.7. The molecule has 8 heteroatoms. The Bertz CT molecular complexity index is 1040. The average molecular weight is 525 g/mol. The van der Waals surface area contributed by atoms with Gasteiger partial charge in [-0.2, -0.15) is 0 Å². The highest BCUT2D eigenvalue weighted by Gasteiger charge is 2.22. The van der Waals surface area contributed by atoms with E-state index in [0.29, 0.717) is 41.9 Å². The van der Waals surface area contributed by atoms with Crippen LogP contribution in [-0.2, 0) is 9.57 Å². The standard InChI is InChI=1S/C30H40N2O6/c1-34-27-20-25-21-28(29(27)35-2)36-18-7-11-26(38-31-22-24-8-4-3-5-9-24)14-17-32-15-12-23(13-16-32)10-6-19-37-30(25)33/h3-5,8-9,20-23,26H,6-7,10-19H2,1-2H3/b31-22+. The molecular weight excluding hydrogens is 484 g/mol. The first-order valence-corrected chi connectivity index (χ1v) is 13.7. The highest BCUT2D eigenvalue weighted by atomic mass is 16.6. The van der Waals surface area contributed by atoms with Crippen LogP contribution in [-0.4, -0.2) is 70.3 Å². The molecule has 1 atom stereocenters. The van der Waals surface area contributed by atoms with Crippen molar-refractivity contribution in [3.63, 3.8) is 0 Å². The summed E-state index contributed by atoms with van der Waals surface area (Å²) in [5, 5.41) is 4.29. The van der Waals surface area contributed by atoms with Gasteiger partial charge in [0.1, 0.15) is 6.10 Å². The highest BCUT2D eigenvalue weighted by Crippen LogP contribution is 2.39. The monoisotopic (exact) mass is 524 g/mol. The highest BCUT2D eigenvalue weighted by molar-refractivity contribution is 5.91.